The number of nitrogens with zero attached hydrogens (tertiary/aromatic N) is 1. The van der Waals surface area contributed by atoms with Crippen LogP contribution in [-0.4, -0.2) is 37.6 Å². The van der Waals surface area contributed by atoms with Gasteiger partial charge in [-0.15, -0.1) is 0 Å². The first-order valence-corrected chi connectivity index (χ1v) is 8.82. The molecule has 0 aromatic heterocycles. The van der Waals surface area contributed by atoms with Crippen molar-refractivity contribution in [3.05, 3.63) is 23.8 Å². The number of nitrogens with one attached hydrogen (secondary N) is 1. The third-order valence-corrected chi connectivity index (χ3v) is 5.37. The fourth-order valence-corrected chi connectivity index (χ4v) is 4.13. The van der Waals surface area contributed by atoms with Crippen molar-refractivity contribution in [2.24, 2.45) is 11.8 Å². The Morgan fingerprint density at radius 1 is 1.26 bits per heavy atom. The van der Waals surface area contributed by atoms with Gasteiger partial charge in [0, 0.05) is 6.54 Å². The molecule has 23 heavy (non-hydrogen) atoms. The van der Waals surface area contributed by atoms with Gasteiger partial charge in [0.15, 0.2) is 0 Å². The van der Waals surface area contributed by atoms with Crippen LogP contribution in [-0.2, 0) is 4.79 Å². The Bertz CT molecular complexity index is 558. The van der Waals surface area contributed by atoms with Gasteiger partial charge >= 0.3 is 0 Å². The van der Waals surface area contributed by atoms with Crippen LogP contribution >= 0.6 is 0 Å². The second kappa shape index (κ2) is 7.35. The predicted octanol–water partition coefficient (Wildman–Crippen LogP) is 3.45. The van der Waals surface area contributed by atoms with Gasteiger partial charge < -0.3 is 10.1 Å². The molecule has 3 rings (SSSR count). The molecular formula is C19H28N2O2. The highest BCUT2D eigenvalue weighted by molar-refractivity contribution is 5.93. The van der Waals surface area contributed by atoms with Crippen LogP contribution in [0.3, 0.4) is 0 Å². The van der Waals surface area contributed by atoms with Crippen LogP contribution in [0.2, 0.25) is 0 Å². The van der Waals surface area contributed by atoms with E-state index < -0.39 is 0 Å². The van der Waals surface area contributed by atoms with E-state index in [2.05, 4.69) is 10.2 Å². The molecule has 1 N–H and O–H groups in total. The Hall–Kier alpha value is -1.55. The molecule has 1 aromatic carbocycles. The highest BCUT2D eigenvalue weighted by atomic mass is 16.5. The number of methoxy groups -OCH3 is 1. The first-order chi connectivity index (χ1) is 11.2. The molecule has 2 atom stereocenters. The number of piperidine rings is 1. The summed E-state index contributed by atoms with van der Waals surface area (Å²) in [6, 6.07) is 5.85. The van der Waals surface area contributed by atoms with Gasteiger partial charge in [0.05, 0.1) is 19.3 Å². The third-order valence-electron chi connectivity index (χ3n) is 5.37. The molecule has 0 spiro atoms. The largest absolute Gasteiger partial charge is 0.495 e. The number of rotatable bonds is 4. The number of benzene rings is 1. The van der Waals surface area contributed by atoms with Gasteiger partial charge in [-0.3, -0.25) is 9.69 Å². The van der Waals surface area contributed by atoms with E-state index in [0.29, 0.717) is 6.54 Å². The number of fused-ring (bicyclic) bond motifs is 1. The fourth-order valence-electron chi connectivity index (χ4n) is 4.13. The van der Waals surface area contributed by atoms with E-state index in [1.165, 1.54) is 32.1 Å². The second-order valence-corrected chi connectivity index (χ2v) is 7.08. The summed E-state index contributed by atoms with van der Waals surface area (Å²) >= 11 is 0. The highest BCUT2D eigenvalue weighted by Crippen LogP contribution is 2.36. The number of amides is 1. The quantitative estimate of drug-likeness (QED) is 0.925. The van der Waals surface area contributed by atoms with Crippen LogP contribution in [0.15, 0.2) is 18.2 Å². The molecule has 1 saturated heterocycles. The number of anilines is 1. The van der Waals surface area contributed by atoms with Crippen molar-refractivity contribution < 1.29 is 9.53 Å². The Kier molecular flexibility index (Phi) is 5.21. The van der Waals surface area contributed by atoms with Gasteiger partial charge in [-0.1, -0.05) is 25.3 Å². The molecule has 0 unspecified atom stereocenters. The second-order valence-electron chi connectivity index (χ2n) is 7.08. The molecule has 1 aromatic rings. The zero-order chi connectivity index (χ0) is 16.2. The van der Waals surface area contributed by atoms with Gasteiger partial charge in [-0.2, -0.15) is 0 Å². The summed E-state index contributed by atoms with van der Waals surface area (Å²) in [6.07, 6.45) is 6.75. The van der Waals surface area contributed by atoms with Crippen molar-refractivity contribution in [1.82, 2.24) is 4.90 Å². The standard InChI is InChI=1S/C19H28N2O2/c1-14-7-8-18(23-2)17(11-14)20-19(22)13-21-10-9-15-5-3-4-6-16(15)12-21/h7-8,11,15-16H,3-6,9-10,12-13H2,1-2H3,(H,20,22)/t15-,16-/m1/s1. The summed E-state index contributed by atoms with van der Waals surface area (Å²) < 4.78 is 5.33. The van der Waals surface area contributed by atoms with Crippen LogP contribution in [0.25, 0.3) is 0 Å². The number of carbonyl (C=O) groups excluding carboxylic acids is 1. The van der Waals surface area contributed by atoms with E-state index in [1.807, 2.05) is 25.1 Å². The molecular weight excluding hydrogens is 288 g/mol. The molecule has 4 heteroatoms. The lowest BCUT2D eigenvalue weighted by molar-refractivity contribution is -0.118. The normalized spacial score (nSPS) is 24.8. The van der Waals surface area contributed by atoms with Gasteiger partial charge in [0.1, 0.15) is 5.75 Å². The molecule has 1 saturated carbocycles. The van der Waals surface area contributed by atoms with Crippen LogP contribution in [0.1, 0.15) is 37.7 Å². The van der Waals surface area contributed by atoms with Gasteiger partial charge in [0.2, 0.25) is 5.91 Å². The van der Waals surface area contributed by atoms with Crippen LogP contribution in [0.4, 0.5) is 5.69 Å². The molecule has 1 amide bonds. The number of likely N-dealkylation sites (tertiary alicyclic amines) is 1. The van der Waals surface area contributed by atoms with E-state index in [9.17, 15) is 4.79 Å². The Labute approximate surface area is 139 Å². The molecule has 2 fully saturated rings. The Balaban J connectivity index is 1.56. The predicted molar refractivity (Wildman–Crippen MR) is 92.9 cm³/mol. The molecule has 4 nitrogen and oxygen atoms in total. The molecule has 0 bridgehead atoms. The molecule has 1 heterocycles. The lowest BCUT2D eigenvalue weighted by Gasteiger charge is -2.41. The maximum atomic E-state index is 12.4. The topological polar surface area (TPSA) is 41.6 Å². The van der Waals surface area contributed by atoms with Crippen molar-refractivity contribution in [1.29, 1.82) is 0 Å². The lowest BCUT2D eigenvalue weighted by Crippen LogP contribution is -2.44. The summed E-state index contributed by atoms with van der Waals surface area (Å²) in [5.41, 5.74) is 1.88. The molecule has 1 aliphatic carbocycles. The minimum atomic E-state index is 0.0585. The maximum absolute atomic E-state index is 12.4. The fraction of sp³-hybridized carbons (Fsp3) is 0.632. The lowest BCUT2D eigenvalue weighted by atomic mass is 9.75. The summed E-state index contributed by atoms with van der Waals surface area (Å²) in [4.78, 5) is 14.7. The average Bonchev–Trinajstić information content (AvgIpc) is 2.55. The minimum Gasteiger partial charge on any atom is -0.495 e. The van der Waals surface area contributed by atoms with E-state index in [0.717, 1.165) is 41.9 Å². The zero-order valence-electron chi connectivity index (χ0n) is 14.3. The third kappa shape index (κ3) is 4.05. The number of ether oxygens (including phenoxy) is 1. The van der Waals surface area contributed by atoms with Gasteiger partial charge in [-0.25, -0.2) is 0 Å². The number of hydrogen-bond donors (Lipinski definition) is 1. The molecule has 1 aliphatic heterocycles. The number of hydrogen-bond acceptors (Lipinski definition) is 3. The first kappa shape index (κ1) is 16.3. The van der Waals surface area contributed by atoms with Gasteiger partial charge in [0.25, 0.3) is 0 Å². The molecule has 2 aliphatic rings. The highest BCUT2D eigenvalue weighted by Gasteiger charge is 2.31. The van der Waals surface area contributed by atoms with Gasteiger partial charge in [-0.05, 0) is 55.8 Å². The van der Waals surface area contributed by atoms with Crippen LogP contribution in [0, 0.1) is 18.8 Å². The Morgan fingerprint density at radius 3 is 2.83 bits per heavy atom. The summed E-state index contributed by atoms with van der Waals surface area (Å²) in [5, 5.41) is 3.02. The van der Waals surface area contributed by atoms with E-state index >= 15 is 0 Å². The molecule has 0 radical (unpaired) electrons. The SMILES string of the molecule is COc1ccc(C)cc1NC(=O)CN1CC[C@H]2CCCC[C@@H]2C1. The van der Waals surface area contributed by atoms with Crippen LogP contribution in [0.5, 0.6) is 5.75 Å². The van der Waals surface area contributed by atoms with Crippen molar-refractivity contribution in [3.8, 4) is 5.75 Å². The average molecular weight is 316 g/mol. The van der Waals surface area contributed by atoms with Crippen molar-refractivity contribution in [3.63, 3.8) is 0 Å². The summed E-state index contributed by atoms with van der Waals surface area (Å²) in [5.74, 6) is 2.48. The minimum absolute atomic E-state index is 0.0585. The van der Waals surface area contributed by atoms with E-state index in [4.69, 9.17) is 4.74 Å². The number of carbonyl (C=O) groups is 1. The molecule has 126 valence electrons. The van der Waals surface area contributed by atoms with Crippen molar-refractivity contribution >= 4 is 11.6 Å². The summed E-state index contributed by atoms with van der Waals surface area (Å²) in [7, 11) is 1.63. The smallest absolute Gasteiger partial charge is 0.238 e. The summed E-state index contributed by atoms with van der Waals surface area (Å²) in [6.45, 7) is 4.64. The Morgan fingerprint density at radius 2 is 2.04 bits per heavy atom. The maximum Gasteiger partial charge on any atom is 0.238 e. The van der Waals surface area contributed by atoms with E-state index in [-0.39, 0.29) is 5.91 Å². The van der Waals surface area contributed by atoms with Crippen LogP contribution < -0.4 is 10.1 Å². The zero-order valence-corrected chi connectivity index (χ0v) is 14.3. The first-order valence-electron chi connectivity index (χ1n) is 8.82. The van der Waals surface area contributed by atoms with E-state index in [1.54, 1.807) is 7.11 Å². The number of aryl methyl sites for hydroxylation is 1. The monoisotopic (exact) mass is 316 g/mol. The van der Waals surface area contributed by atoms with Crippen molar-refractivity contribution in [2.45, 2.75) is 39.0 Å². The van der Waals surface area contributed by atoms with Crippen molar-refractivity contribution in [2.75, 3.05) is 32.1 Å².